The van der Waals surface area contributed by atoms with Gasteiger partial charge in [0.25, 0.3) is 0 Å². The molecule has 4 N–H and O–H groups in total. The van der Waals surface area contributed by atoms with Crippen LogP contribution in [0.15, 0.2) is 23.4 Å². The molecular formula is C12H15N3O3. The third kappa shape index (κ3) is 1.85. The van der Waals surface area contributed by atoms with Crippen LogP contribution in [-0.4, -0.2) is 34.2 Å². The maximum absolute atomic E-state index is 11.0. The molecule has 0 aromatic heterocycles. The number of nitrogens with two attached hydrogens (primary N) is 1. The van der Waals surface area contributed by atoms with Gasteiger partial charge in [0.2, 0.25) is 0 Å². The van der Waals surface area contributed by atoms with Crippen LogP contribution in [0.3, 0.4) is 0 Å². The summed E-state index contributed by atoms with van der Waals surface area (Å²) in [4.78, 5) is 12.3. The maximum Gasteiger partial charge on any atom is 0.407 e. The van der Waals surface area contributed by atoms with E-state index in [1.54, 1.807) is 19.2 Å². The van der Waals surface area contributed by atoms with Gasteiger partial charge < -0.3 is 20.9 Å². The van der Waals surface area contributed by atoms with Crippen molar-refractivity contribution in [1.82, 2.24) is 4.90 Å². The number of nitrogens with zero attached hydrogens (tertiary/aromatic N) is 2. The first kappa shape index (κ1) is 12.2. The molecule has 1 atom stereocenters. The van der Waals surface area contributed by atoms with Crippen molar-refractivity contribution in [2.45, 2.75) is 18.9 Å². The minimum Gasteiger partial charge on any atom is -0.465 e. The molecule has 0 spiro atoms. The molecule has 0 saturated heterocycles. The lowest BCUT2D eigenvalue weighted by atomic mass is 10.0. The number of carboxylic acid groups (broad SMARTS) is 1. The maximum atomic E-state index is 11.0. The van der Waals surface area contributed by atoms with E-state index in [0.717, 1.165) is 17.5 Å². The first-order chi connectivity index (χ1) is 8.56. The molecule has 1 aromatic rings. The molecule has 0 heterocycles. The zero-order valence-corrected chi connectivity index (χ0v) is 10.00. The van der Waals surface area contributed by atoms with Crippen molar-refractivity contribution in [2.24, 2.45) is 10.9 Å². The number of carbonyl (C=O) groups is 1. The smallest absolute Gasteiger partial charge is 0.407 e. The SMILES string of the molecule is CN(C(=O)O)C1CCc2c(/C(N)=N/O)cccc21. The molecule has 1 amide bonds. The summed E-state index contributed by atoms with van der Waals surface area (Å²) in [5.41, 5.74) is 8.19. The second-order valence-corrected chi connectivity index (χ2v) is 4.31. The van der Waals surface area contributed by atoms with Crippen molar-refractivity contribution in [3.8, 4) is 0 Å². The number of hydrogen-bond donors (Lipinski definition) is 3. The molecule has 0 saturated carbocycles. The number of benzene rings is 1. The van der Waals surface area contributed by atoms with Crippen LogP contribution in [0.4, 0.5) is 4.79 Å². The first-order valence-electron chi connectivity index (χ1n) is 5.61. The zero-order valence-electron chi connectivity index (χ0n) is 10.00. The number of amidine groups is 1. The van der Waals surface area contributed by atoms with Gasteiger partial charge in [-0.25, -0.2) is 4.79 Å². The lowest BCUT2D eigenvalue weighted by Crippen LogP contribution is -2.28. The summed E-state index contributed by atoms with van der Waals surface area (Å²) < 4.78 is 0. The molecule has 0 radical (unpaired) electrons. The number of rotatable bonds is 2. The van der Waals surface area contributed by atoms with Gasteiger partial charge in [0.05, 0.1) is 6.04 Å². The topological polar surface area (TPSA) is 99.2 Å². The predicted octanol–water partition coefficient (Wildman–Crippen LogP) is 1.38. The van der Waals surface area contributed by atoms with Crippen LogP contribution < -0.4 is 5.73 Å². The fourth-order valence-electron chi connectivity index (χ4n) is 2.46. The summed E-state index contributed by atoms with van der Waals surface area (Å²) in [5, 5.41) is 20.8. The Morgan fingerprint density at radius 2 is 2.28 bits per heavy atom. The Kier molecular flexibility index (Phi) is 3.10. The second-order valence-electron chi connectivity index (χ2n) is 4.31. The normalized spacial score (nSPS) is 18.5. The van der Waals surface area contributed by atoms with Gasteiger partial charge in [0, 0.05) is 12.6 Å². The average molecular weight is 249 g/mol. The Labute approximate surface area is 104 Å². The van der Waals surface area contributed by atoms with Crippen LogP contribution in [0.1, 0.15) is 29.2 Å². The minimum absolute atomic E-state index is 0.0606. The monoisotopic (exact) mass is 249 g/mol. The third-order valence-electron chi connectivity index (χ3n) is 3.39. The van der Waals surface area contributed by atoms with Crippen LogP contribution >= 0.6 is 0 Å². The number of amides is 1. The van der Waals surface area contributed by atoms with Gasteiger partial charge in [-0.2, -0.15) is 0 Å². The summed E-state index contributed by atoms with van der Waals surface area (Å²) >= 11 is 0. The van der Waals surface area contributed by atoms with Crippen molar-refractivity contribution in [3.63, 3.8) is 0 Å². The largest absolute Gasteiger partial charge is 0.465 e. The van der Waals surface area contributed by atoms with Crippen LogP contribution in [-0.2, 0) is 6.42 Å². The van der Waals surface area contributed by atoms with Gasteiger partial charge in [-0.3, -0.25) is 0 Å². The van der Waals surface area contributed by atoms with Gasteiger partial charge in [0.1, 0.15) is 0 Å². The van der Waals surface area contributed by atoms with Gasteiger partial charge in [-0.1, -0.05) is 23.4 Å². The molecule has 18 heavy (non-hydrogen) atoms. The van der Waals surface area contributed by atoms with E-state index < -0.39 is 6.09 Å². The first-order valence-corrected chi connectivity index (χ1v) is 5.61. The average Bonchev–Trinajstić information content (AvgIpc) is 2.80. The molecule has 1 aromatic carbocycles. The van der Waals surface area contributed by atoms with Crippen LogP contribution in [0.5, 0.6) is 0 Å². The number of oxime groups is 1. The molecule has 0 aliphatic heterocycles. The predicted molar refractivity (Wildman–Crippen MR) is 65.8 cm³/mol. The molecule has 1 aliphatic rings. The molecule has 1 unspecified atom stereocenters. The van der Waals surface area contributed by atoms with Crippen molar-refractivity contribution in [2.75, 3.05) is 7.05 Å². The summed E-state index contributed by atoms with van der Waals surface area (Å²) in [6.45, 7) is 0. The van der Waals surface area contributed by atoms with Crippen molar-refractivity contribution in [3.05, 3.63) is 34.9 Å². The van der Waals surface area contributed by atoms with Crippen molar-refractivity contribution in [1.29, 1.82) is 0 Å². The van der Waals surface area contributed by atoms with E-state index in [2.05, 4.69) is 5.16 Å². The minimum atomic E-state index is -0.956. The molecule has 6 heteroatoms. The van der Waals surface area contributed by atoms with E-state index in [1.165, 1.54) is 4.90 Å². The van der Waals surface area contributed by atoms with Crippen LogP contribution in [0.25, 0.3) is 0 Å². The Balaban J connectivity index is 2.44. The quantitative estimate of drug-likeness (QED) is 0.319. The molecular weight excluding hydrogens is 234 g/mol. The second kappa shape index (κ2) is 4.56. The van der Waals surface area contributed by atoms with E-state index in [0.29, 0.717) is 12.0 Å². The van der Waals surface area contributed by atoms with Crippen LogP contribution in [0, 0.1) is 0 Å². The van der Waals surface area contributed by atoms with E-state index in [4.69, 9.17) is 16.0 Å². The highest BCUT2D eigenvalue weighted by atomic mass is 16.4. The third-order valence-corrected chi connectivity index (χ3v) is 3.39. The zero-order chi connectivity index (χ0) is 13.3. The van der Waals surface area contributed by atoms with E-state index in [9.17, 15) is 4.79 Å². The molecule has 0 bridgehead atoms. The van der Waals surface area contributed by atoms with Crippen LogP contribution in [0.2, 0.25) is 0 Å². The molecule has 6 nitrogen and oxygen atoms in total. The fraction of sp³-hybridized carbons (Fsp3) is 0.333. The highest BCUT2D eigenvalue weighted by molar-refractivity contribution is 5.98. The molecule has 96 valence electrons. The van der Waals surface area contributed by atoms with Crippen molar-refractivity contribution < 1.29 is 15.1 Å². The van der Waals surface area contributed by atoms with E-state index in [1.807, 2.05) is 6.07 Å². The highest BCUT2D eigenvalue weighted by Crippen LogP contribution is 2.36. The van der Waals surface area contributed by atoms with E-state index >= 15 is 0 Å². The lowest BCUT2D eigenvalue weighted by molar-refractivity contribution is 0.138. The van der Waals surface area contributed by atoms with Gasteiger partial charge >= 0.3 is 6.09 Å². The Bertz CT molecular complexity index is 513. The molecule has 1 aliphatic carbocycles. The van der Waals surface area contributed by atoms with Crippen molar-refractivity contribution >= 4 is 11.9 Å². The van der Waals surface area contributed by atoms with Gasteiger partial charge in [0.15, 0.2) is 5.84 Å². The standard InChI is InChI=1S/C12H15N3O3/c1-15(12(16)17)10-6-5-7-8(10)3-2-4-9(7)11(13)14-18/h2-4,10,18H,5-6H2,1H3,(H2,13,14)(H,16,17). The summed E-state index contributed by atoms with van der Waals surface area (Å²) in [5.74, 6) is 0.0606. The summed E-state index contributed by atoms with van der Waals surface area (Å²) in [7, 11) is 1.55. The number of fused-ring (bicyclic) bond motifs is 1. The van der Waals surface area contributed by atoms with E-state index in [-0.39, 0.29) is 11.9 Å². The Morgan fingerprint density at radius 1 is 1.56 bits per heavy atom. The lowest BCUT2D eigenvalue weighted by Gasteiger charge is -2.22. The fourth-order valence-corrected chi connectivity index (χ4v) is 2.46. The Hall–Kier alpha value is -2.24. The van der Waals surface area contributed by atoms with Gasteiger partial charge in [-0.05, 0) is 24.0 Å². The Morgan fingerprint density at radius 3 is 2.89 bits per heavy atom. The summed E-state index contributed by atoms with van der Waals surface area (Å²) in [6, 6.07) is 5.29. The molecule has 0 fully saturated rings. The number of hydrogen-bond acceptors (Lipinski definition) is 3. The summed E-state index contributed by atoms with van der Waals surface area (Å²) in [6.07, 6.45) is 0.486. The molecule has 2 rings (SSSR count). The highest BCUT2D eigenvalue weighted by Gasteiger charge is 2.30. The van der Waals surface area contributed by atoms with Gasteiger partial charge in [-0.15, -0.1) is 0 Å².